The largest absolute Gasteiger partial charge is 0.329 e. The summed E-state index contributed by atoms with van der Waals surface area (Å²) < 4.78 is 17.2. The second-order valence-electron chi connectivity index (χ2n) is 7.04. The number of fused-ring (bicyclic) bond motifs is 1. The minimum Gasteiger partial charge on any atom is -0.314 e. The molecule has 3 unspecified atom stereocenters. The summed E-state index contributed by atoms with van der Waals surface area (Å²) in [5.41, 5.74) is 1.85. The molecule has 3 atom stereocenters. The molecule has 0 radical (unpaired) electrons. The number of carbonyl (C=O) groups excluding carboxylic acids is 2. The van der Waals surface area contributed by atoms with Crippen molar-refractivity contribution in [2.75, 3.05) is 13.1 Å². The number of alkyl halides is 1. The molecule has 1 aromatic heterocycles. The Morgan fingerprint density at radius 3 is 2.69 bits per heavy atom. The van der Waals surface area contributed by atoms with Crippen LogP contribution in [0.25, 0.3) is 11.0 Å². The lowest BCUT2D eigenvalue weighted by atomic mass is 9.88. The highest BCUT2D eigenvalue weighted by molar-refractivity contribution is 6.00. The maximum Gasteiger partial charge on any atom is 0.329 e. The van der Waals surface area contributed by atoms with E-state index in [1.807, 2.05) is 12.1 Å². The number of halogens is 1. The first kappa shape index (κ1) is 17.0. The first-order valence-corrected chi connectivity index (χ1v) is 8.86. The van der Waals surface area contributed by atoms with E-state index >= 15 is 0 Å². The molecule has 7 nitrogen and oxygen atoms in total. The maximum absolute atomic E-state index is 14.3. The average Bonchev–Trinajstić information content (AvgIpc) is 2.87. The van der Waals surface area contributed by atoms with Gasteiger partial charge in [0.25, 0.3) is 0 Å². The van der Waals surface area contributed by atoms with Gasteiger partial charge in [0.05, 0.1) is 11.0 Å². The number of aromatic nitrogens is 2. The van der Waals surface area contributed by atoms with E-state index in [4.69, 9.17) is 0 Å². The molecule has 0 saturated carbocycles. The minimum absolute atomic E-state index is 0.199. The summed E-state index contributed by atoms with van der Waals surface area (Å²) in [5.74, 6) is -0.974. The predicted octanol–water partition coefficient (Wildman–Crippen LogP) is 0.733. The number of imidazole rings is 1. The van der Waals surface area contributed by atoms with Gasteiger partial charge in [0, 0.05) is 25.9 Å². The summed E-state index contributed by atoms with van der Waals surface area (Å²) in [5, 5.41) is 5.34. The number of nitrogens with zero attached hydrogens (tertiary/aromatic N) is 2. The minimum atomic E-state index is -0.963. The quantitative estimate of drug-likeness (QED) is 0.774. The van der Waals surface area contributed by atoms with Crippen LogP contribution >= 0.6 is 0 Å². The number of benzene rings is 1. The molecule has 0 spiro atoms. The van der Waals surface area contributed by atoms with Crippen LogP contribution in [0.3, 0.4) is 0 Å². The Hall–Kier alpha value is -2.48. The van der Waals surface area contributed by atoms with Crippen LogP contribution in [0.2, 0.25) is 0 Å². The van der Waals surface area contributed by atoms with Crippen molar-refractivity contribution in [2.45, 2.75) is 37.4 Å². The van der Waals surface area contributed by atoms with Gasteiger partial charge in [0.1, 0.15) is 12.2 Å². The summed E-state index contributed by atoms with van der Waals surface area (Å²) in [6.07, 6.45) is 0.242. The molecule has 2 amide bonds. The molecule has 2 aliphatic heterocycles. The van der Waals surface area contributed by atoms with E-state index in [-0.39, 0.29) is 23.9 Å². The first-order chi connectivity index (χ1) is 12.5. The van der Waals surface area contributed by atoms with Crippen molar-refractivity contribution in [1.82, 2.24) is 19.8 Å². The Bertz CT molecular complexity index is 948. The molecular formula is C18H21FN4O3. The maximum atomic E-state index is 14.3. The first-order valence-electron chi connectivity index (χ1n) is 8.86. The molecule has 2 fully saturated rings. The number of aryl methyl sites for hydroxylation is 1. The van der Waals surface area contributed by atoms with Crippen LogP contribution in [0.5, 0.6) is 0 Å². The molecular weight excluding hydrogens is 339 g/mol. The zero-order valence-electron chi connectivity index (χ0n) is 14.5. The van der Waals surface area contributed by atoms with Gasteiger partial charge in [0.15, 0.2) is 0 Å². The molecule has 0 bridgehead atoms. The molecule has 26 heavy (non-hydrogen) atoms. The summed E-state index contributed by atoms with van der Waals surface area (Å²) in [6.45, 7) is 1.10. The van der Waals surface area contributed by atoms with E-state index in [0.29, 0.717) is 30.4 Å². The number of nitrogens with one attached hydrogen (secondary N) is 2. The predicted molar refractivity (Wildman–Crippen MR) is 93.7 cm³/mol. The molecule has 8 heteroatoms. The Kier molecular flexibility index (Phi) is 4.14. The molecule has 2 saturated heterocycles. The third kappa shape index (κ3) is 2.65. The van der Waals surface area contributed by atoms with Gasteiger partial charge in [-0.1, -0.05) is 6.07 Å². The van der Waals surface area contributed by atoms with E-state index in [1.54, 1.807) is 13.1 Å². The van der Waals surface area contributed by atoms with Gasteiger partial charge < -0.3 is 5.32 Å². The topological polar surface area (TPSA) is 85.1 Å². The van der Waals surface area contributed by atoms with Crippen LogP contribution in [0, 0.1) is 0 Å². The highest BCUT2D eigenvalue weighted by Gasteiger charge is 2.32. The number of amides is 2. The monoisotopic (exact) mass is 360 g/mol. The van der Waals surface area contributed by atoms with Gasteiger partial charge >= 0.3 is 5.69 Å². The molecule has 4 rings (SSSR count). The molecule has 2 aliphatic rings. The summed E-state index contributed by atoms with van der Waals surface area (Å²) >= 11 is 0. The van der Waals surface area contributed by atoms with Crippen LogP contribution in [0.1, 0.15) is 36.8 Å². The summed E-state index contributed by atoms with van der Waals surface area (Å²) in [7, 11) is 1.65. The van der Waals surface area contributed by atoms with Crippen LogP contribution < -0.4 is 16.3 Å². The number of hydrogen-bond acceptors (Lipinski definition) is 4. The van der Waals surface area contributed by atoms with Crippen LogP contribution in [0.15, 0.2) is 23.0 Å². The number of hydrogen-bond donors (Lipinski definition) is 2. The Morgan fingerprint density at radius 2 is 1.96 bits per heavy atom. The Labute approximate surface area is 149 Å². The van der Waals surface area contributed by atoms with E-state index in [0.717, 1.165) is 12.1 Å². The highest BCUT2D eigenvalue weighted by atomic mass is 19.1. The van der Waals surface area contributed by atoms with E-state index < -0.39 is 18.1 Å². The average molecular weight is 360 g/mol. The number of imide groups is 1. The molecule has 2 N–H and O–H groups in total. The summed E-state index contributed by atoms with van der Waals surface area (Å²) in [4.78, 5) is 36.3. The van der Waals surface area contributed by atoms with Crippen LogP contribution in [0.4, 0.5) is 4.39 Å². The zero-order valence-corrected chi connectivity index (χ0v) is 14.5. The Balaban J connectivity index is 1.79. The van der Waals surface area contributed by atoms with Gasteiger partial charge in [-0.15, -0.1) is 0 Å². The van der Waals surface area contributed by atoms with Crippen molar-refractivity contribution in [3.63, 3.8) is 0 Å². The van der Waals surface area contributed by atoms with Crippen LogP contribution in [-0.4, -0.2) is 40.2 Å². The summed E-state index contributed by atoms with van der Waals surface area (Å²) in [6, 6.07) is 4.77. The van der Waals surface area contributed by atoms with Gasteiger partial charge in [-0.05, 0) is 37.1 Å². The standard InChI is InChI=1S/C18H21FN4O3/c1-22-15-8-10(11-6-7-20-9-12(11)19)2-3-13(15)23(18(22)26)14-4-5-16(24)21-17(14)25/h2-3,8,11-12,14,20H,4-7,9H2,1H3,(H,21,24,25). The van der Waals surface area contributed by atoms with E-state index in [9.17, 15) is 18.8 Å². The third-order valence-electron chi connectivity index (χ3n) is 5.47. The van der Waals surface area contributed by atoms with Crippen molar-refractivity contribution < 1.29 is 14.0 Å². The molecule has 0 aliphatic carbocycles. The third-order valence-corrected chi connectivity index (χ3v) is 5.47. The zero-order chi connectivity index (χ0) is 18.4. The fourth-order valence-electron chi connectivity index (χ4n) is 4.04. The highest BCUT2D eigenvalue weighted by Crippen LogP contribution is 2.31. The normalized spacial score (nSPS) is 26.9. The van der Waals surface area contributed by atoms with Crippen molar-refractivity contribution in [3.8, 4) is 0 Å². The second-order valence-corrected chi connectivity index (χ2v) is 7.04. The number of carbonyl (C=O) groups is 2. The lowest BCUT2D eigenvalue weighted by Gasteiger charge is -2.27. The Morgan fingerprint density at radius 1 is 1.15 bits per heavy atom. The van der Waals surface area contributed by atoms with Crippen molar-refractivity contribution in [1.29, 1.82) is 0 Å². The smallest absolute Gasteiger partial charge is 0.314 e. The van der Waals surface area contributed by atoms with E-state index in [2.05, 4.69) is 10.6 Å². The number of piperidine rings is 2. The van der Waals surface area contributed by atoms with Gasteiger partial charge in [-0.3, -0.25) is 24.0 Å². The van der Waals surface area contributed by atoms with Crippen LogP contribution in [-0.2, 0) is 16.6 Å². The SMILES string of the molecule is Cn1c(=O)n(C2CCC(=O)NC2=O)c2ccc(C3CCNCC3F)cc21. The van der Waals surface area contributed by atoms with Crippen molar-refractivity contribution in [2.24, 2.45) is 7.05 Å². The molecule has 138 valence electrons. The second kappa shape index (κ2) is 6.35. The van der Waals surface area contributed by atoms with Crippen molar-refractivity contribution in [3.05, 3.63) is 34.2 Å². The van der Waals surface area contributed by atoms with Gasteiger partial charge in [0.2, 0.25) is 11.8 Å². The van der Waals surface area contributed by atoms with Gasteiger partial charge in [-0.25, -0.2) is 9.18 Å². The van der Waals surface area contributed by atoms with Crippen molar-refractivity contribution >= 4 is 22.8 Å². The fourth-order valence-corrected chi connectivity index (χ4v) is 4.04. The lowest BCUT2D eigenvalue weighted by Crippen LogP contribution is -2.44. The number of rotatable bonds is 2. The van der Waals surface area contributed by atoms with Gasteiger partial charge in [-0.2, -0.15) is 0 Å². The molecule has 1 aromatic carbocycles. The molecule has 2 aromatic rings. The fraction of sp³-hybridized carbons (Fsp3) is 0.500. The van der Waals surface area contributed by atoms with E-state index in [1.165, 1.54) is 9.13 Å². The molecule has 3 heterocycles. The lowest BCUT2D eigenvalue weighted by molar-refractivity contribution is -0.135.